The van der Waals surface area contributed by atoms with E-state index in [2.05, 4.69) is 17.4 Å². The Balaban J connectivity index is 1.54. The summed E-state index contributed by atoms with van der Waals surface area (Å²) in [6.45, 7) is -0.200. The molecular weight excluding hydrogens is 332 g/mol. The van der Waals surface area contributed by atoms with Crippen molar-refractivity contribution in [3.8, 4) is 5.75 Å². The first-order valence-corrected chi connectivity index (χ1v) is 8.89. The van der Waals surface area contributed by atoms with Gasteiger partial charge in [-0.05, 0) is 42.5 Å². The van der Waals surface area contributed by atoms with Crippen LogP contribution >= 0.6 is 0 Å². The first-order chi connectivity index (χ1) is 12.6. The SMILES string of the molecule is O=C(COc1ccc(C2CCCCC2)cc1)Nc1ccccc1[N+](=O)[O-]. The van der Waals surface area contributed by atoms with Crippen molar-refractivity contribution in [3.63, 3.8) is 0 Å². The van der Waals surface area contributed by atoms with Crippen LogP contribution in [0.2, 0.25) is 0 Å². The van der Waals surface area contributed by atoms with E-state index in [0.717, 1.165) is 0 Å². The average Bonchev–Trinajstić information content (AvgIpc) is 2.68. The molecule has 1 amide bonds. The lowest BCUT2D eigenvalue weighted by atomic mass is 9.84. The molecule has 1 aliphatic rings. The molecule has 6 nitrogen and oxygen atoms in total. The van der Waals surface area contributed by atoms with Crippen molar-refractivity contribution in [3.05, 3.63) is 64.2 Å². The number of nitro benzene ring substituents is 1. The molecule has 0 aliphatic heterocycles. The molecule has 1 fully saturated rings. The fourth-order valence-electron chi connectivity index (χ4n) is 3.35. The van der Waals surface area contributed by atoms with Gasteiger partial charge in [-0.3, -0.25) is 14.9 Å². The predicted molar refractivity (Wildman–Crippen MR) is 99.5 cm³/mol. The number of rotatable bonds is 6. The molecule has 1 saturated carbocycles. The molecule has 1 aliphatic carbocycles. The van der Waals surface area contributed by atoms with Gasteiger partial charge in [0.05, 0.1) is 4.92 Å². The van der Waals surface area contributed by atoms with E-state index in [1.54, 1.807) is 12.1 Å². The summed E-state index contributed by atoms with van der Waals surface area (Å²) in [6.07, 6.45) is 6.37. The molecule has 0 spiro atoms. The molecular formula is C20H22N2O4. The highest BCUT2D eigenvalue weighted by molar-refractivity contribution is 5.94. The summed E-state index contributed by atoms with van der Waals surface area (Å²) in [4.78, 5) is 22.5. The molecule has 0 aromatic heterocycles. The Morgan fingerprint density at radius 1 is 1.08 bits per heavy atom. The zero-order chi connectivity index (χ0) is 18.4. The second-order valence-electron chi connectivity index (χ2n) is 6.52. The molecule has 2 aromatic carbocycles. The number of hydrogen-bond acceptors (Lipinski definition) is 4. The summed E-state index contributed by atoms with van der Waals surface area (Å²) in [5.74, 6) is 0.803. The molecule has 0 heterocycles. The minimum Gasteiger partial charge on any atom is -0.484 e. The standard InChI is InChI=1S/C20H22N2O4/c23-20(21-18-8-4-5-9-19(18)22(24)25)14-26-17-12-10-16(11-13-17)15-6-2-1-3-7-15/h4-5,8-13,15H,1-3,6-7,14H2,(H,21,23). The highest BCUT2D eigenvalue weighted by Gasteiger charge is 2.16. The molecule has 0 radical (unpaired) electrons. The molecule has 0 saturated heterocycles. The van der Waals surface area contributed by atoms with Crippen molar-refractivity contribution >= 4 is 17.3 Å². The third kappa shape index (κ3) is 4.59. The van der Waals surface area contributed by atoms with Gasteiger partial charge in [0.2, 0.25) is 0 Å². The van der Waals surface area contributed by atoms with Crippen molar-refractivity contribution in [2.45, 2.75) is 38.0 Å². The number of hydrogen-bond donors (Lipinski definition) is 1. The first kappa shape index (κ1) is 17.9. The van der Waals surface area contributed by atoms with Crippen molar-refractivity contribution in [2.24, 2.45) is 0 Å². The fraction of sp³-hybridized carbons (Fsp3) is 0.350. The molecule has 0 atom stereocenters. The van der Waals surface area contributed by atoms with Crippen molar-refractivity contribution in [2.75, 3.05) is 11.9 Å². The van der Waals surface area contributed by atoms with Gasteiger partial charge < -0.3 is 10.1 Å². The van der Waals surface area contributed by atoms with Crippen LogP contribution in [0.5, 0.6) is 5.75 Å². The Morgan fingerprint density at radius 2 is 1.77 bits per heavy atom. The van der Waals surface area contributed by atoms with Crippen molar-refractivity contribution in [1.29, 1.82) is 0 Å². The minimum absolute atomic E-state index is 0.141. The van der Waals surface area contributed by atoms with Crippen LogP contribution in [0, 0.1) is 10.1 Å². The van der Waals surface area contributed by atoms with E-state index in [1.165, 1.54) is 49.8 Å². The Bertz CT molecular complexity index is 768. The summed E-state index contributed by atoms with van der Waals surface area (Å²) < 4.78 is 5.50. The number of nitrogens with one attached hydrogen (secondary N) is 1. The van der Waals surface area contributed by atoms with Gasteiger partial charge in [0.1, 0.15) is 11.4 Å². The van der Waals surface area contributed by atoms with Gasteiger partial charge >= 0.3 is 0 Å². The monoisotopic (exact) mass is 354 g/mol. The van der Waals surface area contributed by atoms with Gasteiger partial charge in [-0.25, -0.2) is 0 Å². The molecule has 0 bridgehead atoms. The van der Waals surface area contributed by atoms with Crippen LogP contribution in [0.15, 0.2) is 48.5 Å². The Labute approximate surface area is 152 Å². The quantitative estimate of drug-likeness (QED) is 0.604. The number of para-hydroxylation sites is 2. The van der Waals surface area contributed by atoms with Gasteiger partial charge in [-0.15, -0.1) is 0 Å². The topological polar surface area (TPSA) is 81.5 Å². The first-order valence-electron chi connectivity index (χ1n) is 8.89. The molecule has 1 N–H and O–H groups in total. The Morgan fingerprint density at radius 3 is 2.46 bits per heavy atom. The largest absolute Gasteiger partial charge is 0.484 e. The Hall–Kier alpha value is -2.89. The van der Waals surface area contributed by atoms with Gasteiger partial charge in [0.25, 0.3) is 11.6 Å². The number of carbonyl (C=O) groups is 1. The predicted octanol–water partition coefficient (Wildman–Crippen LogP) is 4.66. The number of nitrogens with zero attached hydrogens (tertiary/aromatic N) is 1. The van der Waals surface area contributed by atoms with E-state index in [-0.39, 0.29) is 18.0 Å². The van der Waals surface area contributed by atoms with Crippen LogP contribution < -0.4 is 10.1 Å². The van der Waals surface area contributed by atoms with Crippen LogP contribution in [0.25, 0.3) is 0 Å². The van der Waals surface area contributed by atoms with Gasteiger partial charge in [-0.2, -0.15) is 0 Å². The third-order valence-corrected chi connectivity index (χ3v) is 4.70. The maximum absolute atomic E-state index is 12.0. The second-order valence-corrected chi connectivity index (χ2v) is 6.52. The highest BCUT2D eigenvalue weighted by Crippen LogP contribution is 2.33. The van der Waals surface area contributed by atoms with Gasteiger partial charge in [0, 0.05) is 6.07 Å². The molecule has 3 rings (SSSR count). The average molecular weight is 354 g/mol. The zero-order valence-electron chi connectivity index (χ0n) is 14.5. The summed E-state index contributed by atoms with van der Waals surface area (Å²) in [7, 11) is 0. The zero-order valence-corrected chi connectivity index (χ0v) is 14.5. The van der Waals surface area contributed by atoms with E-state index >= 15 is 0 Å². The smallest absolute Gasteiger partial charge is 0.292 e. The van der Waals surface area contributed by atoms with Crippen LogP contribution in [0.1, 0.15) is 43.6 Å². The lowest BCUT2D eigenvalue weighted by molar-refractivity contribution is -0.383. The van der Waals surface area contributed by atoms with Gasteiger partial charge in [-0.1, -0.05) is 43.5 Å². The van der Waals surface area contributed by atoms with E-state index in [0.29, 0.717) is 11.7 Å². The van der Waals surface area contributed by atoms with Crippen molar-refractivity contribution in [1.82, 2.24) is 0 Å². The molecule has 26 heavy (non-hydrogen) atoms. The summed E-state index contributed by atoms with van der Waals surface area (Å²) in [6, 6.07) is 13.9. The van der Waals surface area contributed by atoms with E-state index < -0.39 is 10.8 Å². The third-order valence-electron chi connectivity index (χ3n) is 4.70. The highest BCUT2D eigenvalue weighted by atomic mass is 16.6. The number of nitro groups is 1. The molecule has 6 heteroatoms. The molecule has 2 aromatic rings. The maximum Gasteiger partial charge on any atom is 0.292 e. The lowest BCUT2D eigenvalue weighted by Gasteiger charge is -2.22. The number of amides is 1. The summed E-state index contributed by atoms with van der Waals surface area (Å²) in [5, 5.41) is 13.5. The van der Waals surface area contributed by atoms with Crippen molar-refractivity contribution < 1.29 is 14.5 Å². The number of anilines is 1. The van der Waals surface area contributed by atoms with E-state index in [9.17, 15) is 14.9 Å². The van der Waals surface area contributed by atoms with Gasteiger partial charge in [0.15, 0.2) is 6.61 Å². The number of benzene rings is 2. The van der Waals surface area contributed by atoms with Crippen LogP contribution in [0.3, 0.4) is 0 Å². The number of ether oxygens (including phenoxy) is 1. The van der Waals surface area contributed by atoms with Crippen LogP contribution in [-0.4, -0.2) is 17.4 Å². The normalized spacial score (nSPS) is 14.6. The lowest BCUT2D eigenvalue weighted by Crippen LogP contribution is -2.20. The Kier molecular flexibility index (Phi) is 5.84. The minimum atomic E-state index is -0.527. The van der Waals surface area contributed by atoms with E-state index in [1.807, 2.05) is 12.1 Å². The summed E-state index contributed by atoms with van der Waals surface area (Å²) >= 11 is 0. The fourth-order valence-corrected chi connectivity index (χ4v) is 3.35. The van der Waals surface area contributed by atoms with Crippen LogP contribution in [0.4, 0.5) is 11.4 Å². The molecule has 136 valence electrons. The maximum atomic E-state index is 12.0. The van der Waals surface area contributed by atoms with E-state index in [4.69, 9.17) is 4.74 Å². The summed E-state index contributed by atoms with van der Waals surface area (Å²) in [5.41, 5.74) is 1.35. The van der Waals surface area contributed by atoms with Crippen LogP contribution in [-0.2, 0) is 4.79 Å². The number of carbonyl (C=O) groups excluding carboxylic acids is 1. The second kappa shape index (κ2) is 8.47. The molecule has 0 unspecified atom stereocenters.